The van der Waals surface area contributed by atoms with Gasteiger partial charge < -0.3 is 21.3 Å². The smallest absolute Gasteiger partial charge is 0.365 e. The fourth-order valence-electron chi connectivity index (χ4n) is 4.44. The molecule has 0 saturated heterocycles. The minimum absolute atomic E-state index is 0.00211. The van der Waals surface area contributed by atoms with Gasteiger partial charge in [-0.25, -0.2) is 9.78 Å². The quantitative estimate of drug-likeness (QED) is 0.278. The molecule has 3 amide bonds. The fraction of sp³-hybridized carbons (Fsp3) is 0.185. The summed E-state index contributed by atoms with van der Waals surface area (Å²) in [7, 11) is 0. The normalized spacial score (nSPS) is 13.1. The number of benzene rings is 2. The van der Waals surface area contributed by atoms with Crippen LogP contribution in [0.5, 0.6) is 0 Å². The number of alkyl halides is 3. The zero-order valence-electron chi connectivity index (χ0n) is 20.8. The number of urea groups is 1. The lowest BCUT2D eigenvalue weighted by molar-refractivity contribution is -0.141. The van der Waals surface area contributed by atoms with Crippen LogP contribution in [0.2, 0.25) is 0 Å². The molecule has 9 nitrogen and oxygen atoms in total. The molecule has 5 rings (SSSR count). The van der Waals surface area contributed by atoms with Crippen LogP contribution in [-0.4, -0.2) is 38.6 Å². The molecule has 12 heteroatoms. The first-order chi connectivity index (χ1) is 18.6. The van der Waals surface area contributed by atoms with Crippen molar-refractivity contribution in [2.24, 2.45) is 5.73 Å². The van der Waals surface area contributed by atoms with Crippen molar-refractivity contribution in [3.8, 4) is 11.3 Å². The number of aryl methyl sites for hydroxylation is 1. The molecule has 5 N–H and O–H groups in total. The Bertz CT molecular complexity index is 1550. The highest BCUT2D eigenvalue weighted by Gasteiger charge is 2.32. The van der Waals surface area contributed by atoms with Crippen molar-refractivity contribution in [2.45, 2.75) is 26.1 Å². The number of rotatable bonds is 5. The van der Waals surface area contributed by atoms with Gasteiger partial charge in [-0.1, -0.05) is 42.0 Å². The lowest BCUT2D eigenvalue weighted by Crippen LogP contribution is -2.38. The van der Waals surface area contributed by atoms with Crippen molar-refractivity contribution >= 4 is 29.3 Å². The molecule has 3 heterocycles. The number of pyridine rings is 1. The molecule has 1 aliphatic rings. The van der Waals surface area contributed by atoms with E-state index in [2.05, 4.69) is 31.9 Å². The van der Waals surface area contributed by atoms with Crippen LogP contribution < -0.4 is 16.4 Å². The third-order valence-corrected chi connectivity index (χ3v) is 6.38. The number of nitrogens with two attached hydrogens (primary N) is 1. The van der Waals surface area contributed by atoms with Gasteiger partial charge in [-0.05, 0) is 48.7 Å². The Morgan fingerprint density at radius 1 is 1.05 bits per heavy atom. The van der Waals surface area contributed by atoms with Gasteiger partial charge in [0.25, 0.3) is 5.91 Å². The molecule has 0 spiro atoms. The molecule has 1 aliphatic heterocycles. The number of aromatic nitrogens is 3. The van der Waals surface area contributed by atoms with E-state index in [1.807, 2.05) is 19.1 Å². The number of carbonyl (C=O) groups is 2. The van der Waals surface area contributed by atoms with Crippen molar-refractivity contribution in [3.63, 3.8) is 0 Å². The van der Waals surface area contributed by atoms with E-state index < -0.39 is 17.8 Å². The lowest BCUT2D eigenvalue weighted by atomic mass is 9.98. The summed E-state index contributed by atoms with van der Waals surface area (Å²) in [5.41, 5.74) is 9.24. The molecule has 0 atom stereocenters. The topological polar surface area (TPSA) is 129 Å². The standard InChI is InChI=1S/C27H24F3N7O2/c1-15-5-6-18-14-37(12-11-17(18)13-15)26(39)32-19-9-7-16(8-10-19)23-22(24(31)38)25(36-35-23)34-21-4-2-3-20(33-21)27(28,29)30/h2-10,13H,11-12,14H2,1H3,(H2,31,38)(H,32,39)(H2,33,34,35,36). The van der Waals surface area contributed by atoms with E-state index in [4.69, 9.17) is 5.73 Å². The van der Waals surface area contributed by atoms with Crippen molar-refractivity contribution in [1.82, 2.24) is 20.1 Å². The van der Waals surface area contributed by atoms with Gasteiger partial charge in [0.1, 0.15) is 28.6 Å². The summed E-state index contributed by atoms with van der Waals surface area (Å²) in [5.74, 6) is -0.982. The van der Waals surface area contributed by atoms with Gasteiger partial charge in [-0.15, -0.1) is 0 Å². The second-order valence-electron chi connectivity index (χ2n) is 9.17. The van der Waals surface area contributed by atoms with Gasteiger partial charge >= 0.3 is 12.2 Å². The number of anilines is 3. The molecule has 39 heavy (non-hydrogen) atoms. The summed E-state index contributed by atoms with van der Waals surface area (Å²) in [4.78, 5) is 30.4. The third kappa shape index (κ3) is 5.54. The molecular formula is C27H24F3N7O2. The number of hydrogen-bond acceptors (Lipinski definition) is 5. The van der Waals surface area contributed by atoms with Crippen LogP contribution in [0.25, 0.3) is 11.3 Å². The average molecular weight is 536 g/mol. The molecule has 2 aromatic carbocycles. The Kier molecular flexibility index (Phi) is 6.69. The van der Waals surface area contributed by atoms with E-state index in [1.54, 1.807) is 29.2 Å². The highest BCUT2D eigenvalue weighted by atomic mass is 19.4. The number of carbonyl (C=O) groups excluding carboxylic acids is 2. The molecule has 2 aromatic heterocycles. The number of hydrogen-bond donors (Lipinski definition) is 4. The maximum absolute atomic E-state index is 13.0. The van der Waals surface area contributed by atoms with Crippen molar-refractivity contribution in [2.75, 3.05) is 17.2 Å². The monoisotopic (exact) mass is 535 g/mol. The van der Waals surface area contributed by atoms with Gasteiger partial charge in [-0.3, -0.25) is 9.89 Å². The van der Waals surface area contributed by atoms with Gasteiger partial charge in [0.2, 0.25) is 0 Å². The maximum atomic E-state index is 13.0. The molecule has 0 bridgehead atoms. The first-order valence-corrected chi connectivity index (χ1v) is 12.0. The number of aromatic amines is 1. The molecule has 4 aromatic rings. The largest absolute Gasteiger partial charge is 0.433 e. The second-order valence-corrected chi connectivity index (χ2v) is 9.17. The molecule has 0 fully saturated rings. The van der Waals surface area contributed by atoms with Crippen LogP contribution in [-0.2, 0) is 19.1 Å². The Morgan fingerprint density at radius 3 is 2.54 bits per heavy atom. The number of fused-ring (bicyclic) bond motifs is 1. The van der Waals surface area contributed by atoms with Gasteiger partial charge in [0.05, 0.1) is 0 Å². The Hall–Kier alpha value is -4.87. The molecule has 0 aliphatic carbocycles. The van der Waals surface area contributed by atoms with E-state index in [0.717, 1.165) is 18.1 Å². The predicted molar refractivity (Wildman–Crippen MR) is 139 cm³/mol. The summed E-state index contributed by atoms with van der Waals surface area (Å²) in [6, 6.07) is 16.0. The summed E-state index contributed by atoms with van der Waals surface area (Å²) < 4.78 is 39.0. The Labute approximate surface area is 221 Å². The zero-order valence-corrected chi connectivity index (χ0v) is 20.8. The number of halogens is 3. The highest BCUT2D eigenvalue weighted by molar-refractivity contribution is 6.04. The fourth-order valence-corrected chi connectivity index (χ4v) is 4.44. The van der Waals surface area contributed by atoms with E-state index in [1.165, 1.54) is 23.3 Å². The first kappa shape index (κ1) is 25.8. The van der Waals surface area contributed by atoms with Crippen molar-refractivity contribution in [1.29, 1.82) is 0 Å². The van der Waals surface area contributed by atoms with E-state index >= 15 is 0 Å². The van der Waals surface area contributed by atoms with Crippen LogP contribution in [0.1, 0.15) is 32.7 Å². The SMILES string of the molecule is Cc1ccc2c(c1)CCN(C(=O)Nc1ccc(-c3n[nH]c(Nc4cccc(C(F)(F)F)n4)c3C(N)=O)cc1)C2. The van der Waals surface area contributed by atoms with Crippen LogP contribution in [0, 0.1) is 6.92 Å². The second kappa shape index (κ2) is 10.1. The maximum Gasteiger partial charge on any atom is 0.433 e. The van der Waals surface area contributed by atoms with Crippen LogP contribution in [0.4, 0.5) is 35.3 Å². The summed E-state index contributed by atoms with van der Waals surface area (Å²) in [6.45, 7) is 3.17. The number of H-pyrrole nitrogens is 1. The number of nitrogens with zero attached hydrogens (tertiary/aromatic N) is 3. The molecular weight excluding hydrogens is 511 g/mol. The number of nitrogens with one attached hydrogen (secondary N) is 3. The highest BCUT2D eigenvalue weighted by Crippen LogP contribution is 2.31. The molecule has 0 unspecified atom stereocenters. The summed E-state index contributed by atoms with van der Waals surface area (Å²) >= 11 is 0. The molecule has 0 saturated carbocycles. The molecule has 0 radical (unpaired) electrons. The van der Waals surface area contributed by atoms with Gasteiger partial charge in [-0.2, -0.15) is 18.3 Å². The van der Waals surface area contributed by atoms with Crippen molar-refractivity contribution < 1.29 is 22.8 Å². The predicted octanol–water partition coefficient (Wildman–Crippen LogP) is 5.23. The van der Waals surface area contributed by atoms with Crippen LogP contribution in [0.3, 0.4) is 0 Å². The van der Waals surface area contributed by atoms with E-state index in [0.29, 0.717) is 24.3 Å². The minimum atomic E-state index is -4.63. The zero-order chi connectivity index (χ0) is 27.7. The minimum Gasteiger partial charge on any atom is -0.365 e. The van der Waals surface area contributed by atoms with Crippen molar-refractivity contribution in [3.05, 3.63) is 88.6 Å². The third-order valence-electron chi connectivity index (χ3n) is 6.38. The molecule has 200 valence electrons. The summed E-state index contributed by atoms with van der Waals surface area (Å²) in [5, 5.41) is 12.3. The Morgan fingerprint density at radius 2 is 1.82 bits per heavy atom. The average Bonchev–Trinajstić information content (AvgIpc) is 3.32. The summed E-state index contributed by atoms with van der Waals surface area (Å²) in [6.07, 6.45) is -3.84. The number of amides is 3. The van der Waals surface area contributed by atoms with E-state index in [-0.39, 0.29) is 28.9 Å². The van der Waals surface area contributed by atoms with Gasteiger partial charge in [0, 0.05) is 24.3 Å². The first-order valence-electron chi connectivity index (χ1n) is 12.0. The van der Waals surface area contributed by atoms with E-state index in [9.17, 15) is 22.8 Å². The van der Waals surface area contributed by atoms with Crippen LogP contribution in [0.15, 0.2) is 60.7 Å². The van der Waals surface area contributed by atoms with Gasteiger partial charge in [0.15, 0.2) is 0 Å². The number of primary amides is 1. The lowest BCUT2D eigenvalue weighted by Gasteiger charge is -2.29. The Balaban J connectivity index is 1.31. The van der Waals surface area contributed by atoms with Crippen LogP contribution >= 0.6 is 0 Å².